The summed E-state index contributed by atoms with van der Waals surface area (Å²) in [4.78, 5) is 58.7. The highest BCUT2D eigenvalue weighted by molar-refractivity contribution is 7.46. The largest absolute Gasteiger partial charge is 0.524 e. The first-order valence-corrected chi connectivity index (χ1v) is 12.6. The maximum absolute atomic E-state index is 13.9. The number of carboxylic acid groups (broad SMARTS) is 1. The van der Waals surface area contributed by atoms with E-state index in [9.17, 15) is 28.4 Å². The first-order valence-electron chi connectivity index (χ1n) is 10.4. The molecule has 11 nitrogen and oxygen atoms in total. The van der Waals surface area contributed by atoms with Crippen LogP contribution in [-0.2, 0) is 20.6 Å². The zero-order valence-electron chi connectivity index (χ0n) is 18.9. The van der Waals surface area contributed by atoms with E-state index in [0.29, 0.717) is 5.56 Å². The molecule has 0 saturated heterocycles. The van der Waals surface area contributed by atoms with E-state index in [2.05, 4.69) is 20.1 Å². The summed E-state index contributed by atoms with van der Waals surface area (Å²) in [5.74, 6) is -4.31. The van der Waals surface area contributed by atoms with Crippen molar-refractivity contribution in [1.29, 1.82) is 0 Å². The van der Waals surface area contributed by atoms with E-state index in [-0.39, 0.29) is 24.5 Å². The van der Waals surface area contributed by atoms with Gasteiger partial charge in [-0.2, -0.15) is 0 Å². The highest BCUT2D eigenvalue weighted by Gasteiger charge is 2.29. The summed E-state index contributed by atoms with van der Waals surface area (Å²) >= 11 is 11.4. The SMILES string of the molecule is CC(C)CC(NC(=O)C(Cc1ccc(OP(=O)(O)O)cc1)NC(=O)c1cc(F)c(Cl)nc1Cl)C(=O)O. The third-order valence-corrected chi connectivity index (χ3v) is 5.66. The average molecular weight is 566 g/mol. The van der Waals surface area contributed by atoms with E-state index in [1.807, 2.05) is 0 Å². The van der Waals surface area contributed by atoms with Crippen LogP contribution in [0.4, 0.5) is 4.39 Å². The molecule has 2 atom stereocenters. The number of carbonyl (C=O) groups is 3. The molecule has 0 spiro atoms. The fourth-order valence-corrected chi connectivity index (χ4v) is 3.88. The second kappa shape index (κ2) is 12.5. The topological polar surface area (TPSA) is 175 Å². The Kier molecular flexibility index (Phi) is 10.2. The second-order valence-corrected chi connectivity index (χ2v) is 9.96. The summed E-state index contributed by atoms with van der Waals surface area (Å²) in [5.41, 5.74) is 0.00878. The van der Waals surface area contributed by atoms with Crippen molar-refractivity contribution in [3.05, 3.63) is 57.6 Å². The molecule has 2 rings (SSSR count). The van der Waals surface area contributed by atoms with Crippen LogP contribution in [0.2, 0.25) is 10.3 Å². The van der Waals surface area contributed by atoms with E-state index >= 15 is 0 Å². The Morgan fingerprint density at radius 1 is 1.08 bits per heavy atom. The minimum atomic E-state index is -4.78. The molecule has 2 unspecified atom stereocenters. The molecule has 196 valence electrons. The Morgan fingerprint density at radius 2 is 1.69 bits per heavy atom. The molecular formula is C21H23Cl2FN3O8P. The molecular weight excluding hydrogens is 543 g/mol. The van der Waals surface area contributed by atoms with Gasteiger partial charge in [-0.3, -0.25) is 19.4 Å². The van der Waals surface area contributed by atoms with Crippen molar-refractivity contribution in [2.75, 3.05) is 0 Å². The van der Waals surface area contributed by atoms with Gasteiger partial charge in [0.15, 0.2) is 11.0 Å². The lowest BCUT2D eigenvalue weighted by atomic mass is 10.0. The number of nitrogens with zero attached hydrogens (tertiary/aromatic N) is 1. The third kappa shape index (κ3) is 9.03. The Morgan fingerprint density at radius 3 is 2.22 bits per heavy atom. The Hall–Kier alpha value is -2.76. The van der Waals surface area contributed by atoms with Gasteiger partial charge < -0.3 is 20.3 Å². The first-order chi connectivity index (χ1) is 16.7. The lowest BCUT2D eigenvalue weighted by Gasteiger charge is -2.23. The number of aromatic nitrogens is 1. The fourth-order valence-electron chi connectivity index (χ4n) is 3.07. The number of phosphoric acid groups is 1. The molecule has 15 heteroatoms. The van der Waals surface area contributed by atoms with Crippen LogP contribution in [-0.4, -0.2) is 49.7 Å². The predicted octanol–water partition coefficient (Wildman–Crippen LogP) is 2.96. The molecule has 1 aromatic carbocycles. The van der Waals surface area contributed by atoms with Crippen molar-refractivity contribution in [2.24, 2.45) is 5.92 Å². The molecule has 0 saturated carbocycles. The minimum absolute atomic E-state index is 0.0667. The smallest absolute Gasteiger partial charge is 0.480 e. The molecule has 0 aliphatic rings. The molecule has 0 aliphatic heterocycles. The Bertz CT molecular complexity index is 1180. The van der Waals surface area contributed by atoms with Gasteiger partial charge in [-0.1, -0.05) is 49.2 Å². The monoisotopic (exact) mass is 565 g/mol. The van der Waals surface area contributed by atoms with Gasteiger partial charge in [0.1, 0.15) is 23.0 Å². The summed E-state index contributed by atoms with van der Waals surface area (Å²) in [6.45, 7) is 3.54. The minimum Gasteiger partial charge on any atom is -0.480 e. The molecule has 5 N–H and O–H groups in total. The van der Waals surface area contributed by atoms with E-state index in [4.69, 9.17) is 33.0 Å². The highest BCUT2D eigenvalue weighted by atomic mass is 35.5. The number of nitrogens with one attached hydrogen (secondary N) is 2. The predicted molar refractivity (Wildman–Crippen MR) is 127 cm³/mol. The second-order valence-electron chi connectivity index (χ2n) is 8.08. The average Bonchev–Trinajstić information content (AvgIpc) is 2.75. The lowest BCUT2D eigenvalue weighted by Crippen LogP contribution is -2.52. The molecule has 0 radical (unpaired) electrons. The highest BCUT2D eigenvalue weighted by Crippen LogP contribution is 2.37. The van der Waals surface area contributed by atoms with Crippen molar-refractivity contribution >= 4 is 48.8 Å². The van der Waals surface area contributed by atoms with Gasteiger partial charge in [0, 0.05) is 6.42 Å². The van der Waals surface area contributed by atoms with Gasteiger partial charge in [0.2, 0.25) is 5.91 Å². The summed E-state index contributed by atoms with van der Waals surface area (Å²) < 4.78 is 29.3. The van der Waals surface area contributed by atoms with Crippen LogP contribution in [0.5, 0.6) is 5.75 Å². The maximum atomic E-state index is 13.9. The van der Waals surface area contributed by atoms with Crippen molar-refractivity contribution in [3.63, 3.8) is 0 Å². The summed E-state index contributed by atoms with van der Waals surface area (Å²) in [6.07, 6.45) is -0.0583. The van der Waals surface area contributed by atoms with Gasteiger partial charge in [-0.15, -0.1) is 0 Å². The van der Waals surface area contributed by atoms with Gasteiger partial charge in [-0.05, 0) is 36.1 Å². The van der Waals surface area contributed by atoms with Crippen LogP contribution < -0.4 is 15.2 Å². The van der Waals surface area contributed by atoms with Crippen molar-refractivity contribution in [3.8, 4) is 5.75 Å². The van der Waals surface area contributed by atoms with Crippen LogP contribution >= 0.6 is 31.0 Å². The van der Waals surface area contributed by atoms with Gasteiger partial charge in [0.25, 0.3) is 5.91 Å². The van der Waals surface area contributed by atoms with Crippen molar-refractivity contribution in [1.82, 2.24) is 15.6 Å². The van der Waals surface area contributed by atoms with Gasteiger partial charge in [0.05, 0.1) is 5.56 Å². The standard InChI is InChI=1S/C21H23Cl2FN3O8P/c1-10(2)7-16(21(30)31)26-20(29)15(8-11-3-5-12(6-4-11)35-36(32,33)34)25-19(28)13-9-14(24)18(23)27-17(13)22/h3-6,9-10,15-16H,7-8H2,1-2H3,(H,25,28)(H,26,29)(H,30,31)(H2,32,33,34). The van der Waals surface area contributed by atoms with Gasteiger partial charge >= 0.3 is 13.8 Å². The number of amides is 2. The normalized spacial score (nSPS) is 13.1. The molecule has 2 aromatic rings. The number of carbonyl (C=O) groups excluding carboxylic acids is 2. The number of rotatable bonds is 11. The Labute approximate surface area is 215 Å². The molecule has 1 aromatic heterocycles. The number of halogens is 3. The zero-order chi connectivity index (χ0) is 27.2. The number of hydrogen-bond acceptors (Lipinski definition) is 6. The Balaban J connectivity index is 2.32. The fraction of sp³-hybridized carbons (Fsp3) is 0.333. The van der Waals surface area contributed by atoms with Crippen molar-refractivity contribution in [2.45, 2.75) is 38.8 Å². The molecule has 1 heterocycles. The molecule has 36 heavy (non-hydrogen) atoms. The summed E-state index contributed by atoms with van der Waals surface area (Å²) in [5, 5.41) is 13.3. The molecule has 0 bridgehead atoms. The van der Waals surface area contributed by atoms with Crippen molar-refractivity contribution < 1.29 is 42.8 Å². The number of phosphoric ester groups is 1. The van der Waals surface area contributed by atoms with E-state index in [0.717, 1.165) is 6.07 Å². The van der Waals surface area contributed by atoms with E-state index < -0.39 is 59.4 Å². The number of hydrogen-bond donors (Lipinski definition) is 5. The third-order valence-electron chi connectivity index (χ3n) is 4.66. The zero-order valence-corrected chi connectivity index (χ0v) is 21.4. The number of carboxylic acids is 1. The van der Waals surface area contributed by atoms with Gasteiger partial charge in [-0.25, -0.2) is 18.7 Å². The van der Waals surface area contributed by atoms with E-state index in [1.54, 1.807) is 13.8 Å². The van der Waals surface area contributed by atoms with E-state index in [1.165, 1.54) is 24.3 Å². The van der Waals surface area contributed by atoms with Crippen LogP contribution in [0, 0.1) is 11.7 Å². The quantitative estimate of drug-likeness (QED) is 0.202. The lowest BCUT2D eigenvalue weighted by molar-refractivity contribution is -0.142. The molecule has 0 aliphatic carbocycles. The van der Waals surface area contributed by atoms with Crippen LogP contribution in [0.25, 0.3) is 0 Å². The number of benzene rings is 1. The molecule has 0 fully saturated rings. The molecule has 2 amide bonds. The maximum Gasteiger partial charge on any atom is 0.524 e. The van der Waals surface area contributed by atoms with Crippen LogP contribution in [0.15, 0.2) is 30.3 Å². The summed E-state index contributed by atoms with van der Waals surface area (Å²) in [7, 11) is -4.78. The van der Waals surface area contributed by atoms with Crippen LogP contribution in [0.3, 0.4) is 0 Å². The number of aliphatic carboxylic acids is 1. The van der Waals surface area contributed by atoms with Crippen LogP contribution in [0.1, 0.15) is 36.2 Å². The number of pyridine rings is 1. The first kappa shape index (κ1) is 29.5. The summed E-state index contributed by atoms with van der Waals surface area (Å²) in [6, 6.07) is 3.39.